The van der Waals surface area contributed by atoms with E-state index < -0.39 is 24.5 Å². The molecule has 8 heteroatoms. The van der Waals surface area contributed by atoms with Crippen LogP contribution in [-0.4, -0.2) is 63.4 Å². The molecule has 2 aliphatic rings. The molecule has 4 N–H and O–H groups in total. The Bertz CT molecular complexity index is 982. The smallest absolute Gasteiger partial charge is 0.333 e. The SMILES string of the molecule is CC1(C)CN([C@@H]2C[C@@H](c3ccccc3)c3ccc(Cl)cc32)CCN1.O=C(O)CC(O)C(=O)O. The molecule has 3 atom stereocenters. The maximum absolute atomic E-state index is 9.72. The van der Waals surface area contributed by atoms with Gasteiger partial charge in [0.1, 0.15) is 0 Å². The van der Waals surface area contributed by atoms with E-state index in [4.69, 9.17) is 26.9 Å². The van der Waals surface area contributed by atoms with Gasteiger partial charge in [0.2, 0.25) is 0 Å². The van der Waals surface area contributed by atoms with E-state index >= 15 is 0 Å². The summed E-state index contributed by atoms with van der Waals surface area (Å²) in [5, 5.41) is 28.6. The Hall–Kier alpha value is -2.45. The summed E-state index contributed by atoms with van der Waals surface area (Å²) in [5.41, 5.74) is 4.46. The maximum atomic E-state index is 9.72. The Morgan fingerprint density at radius 2 is 1.85 bits per heavy atom. The summed E-state index contributed by atoms with van der Waals surface area (Å²) in [7, 11) is 0. The summed E-state index contributed by atoms with van der Waals surface area (Å²) in [6.45, 7) is 7.81. The van der Waals surface area contributed by atoms with Gasteiger partial charge in [-0.2, -0.15) is 0 Å². The van der Waals surface area contributed by atoms with Gasteiger partial charge < -0.3 is 20.6 Å². The summed E-state index contributed by atoms with van der Waals surface area (Å²) in [6, 6.07) is 17.8. The average molecular weight is 475 g/mol. The van der Waals surface area contributed by atoms with E-state index in [9.17, 15) is 9.59 Å². The molecule has 0 aromatic heterocycles. The van der Waals surface area contributed by atoms with Gasteiger partial charge in [-0.1, -0.05) is 48.0 Å². The van der Waals surface area contributed by atoms with Crippen molar-refractivity contribution in [3.8, 4) is 0 Å². The first kappa shape index (κ1) is 25.2. The lowest BCUT2D eigenvalue weighted by Crippen LogP contribution is -2.57. The first-order valence-corrected chi connectivity index (χ1v) is 11.4. The first-order valence-electron chi connectivity index (χ1n) is 11.0. The van der Waals surface area contributed by atoms with Gasteiger partial charge in [-0.05, 0) is 49.1 Å². The average Bonchev–Trinajstić information content (AvgIpc) is 3.12. The Labute approximate surface area is 199 Å². The van der Waals surface area contributed by atoms with E-state index in [-0.39, 0.29) is 5.54 Å². The predicted octanol–water partition coefficient (Wildman–Crippen LogP) is 3.51. The normalized spacial score (nSPS) is 22.5. The second kappa shape index (κ2) is 10.7. The summed E-state index contributed by atoms with van der Waals surface area (Å²) >= 11 is 6.35. The molecule has 2 aromatic carbocycles. The van der Waals surface area contributed by atoms with Gasteiger partial charge in [-0.15, -0.1) is 0 Å². The predicted molar refractivity (Wildman–Crippen MR) is 127 cm³/mol. The topological polar surface area (TPSA) is 110 Å². The number of carboxylic acid groups (broad SMARTS) is 2. The quantitative estimate of drug-likeness (QED) is 0.525. The van der Waals surface area contributed by atoms with Crippen LogP contribution in [0.1, 0.15) is 55.3 Å². The van der Waals surface area contributed by atoms with Crippen LogP contribution < -0.4 is 5.32 Å². The molecule has 0 saturated carbocycles. The molecule has 1 aliphatic heterocycles. The van der Waals surface area contributed by atoms with Crippen molar-refractivity contribution >= 4 is 23.5 Å². The number of halogens is 1. The standard InChI is InChI=1S/C21H25ClN2.C4H6O5/c1-21(2)14-24(11-10-23-21)20-13-18(15-6-4-3-5-7-15)17-9-8-16(22)12-19(17)20;5-2(4(8)9)1-3(6)7/h3-9,12,18,20,23H,10-11,13-14H2,1-2H3;2,5H,1H2,(H,6,7)(H,8,9)/t18-,20+;/m0./s1. The van der Waals surface area contributed by atoms with Crippen molar-refractivity contribution in [2.45, 2.75) is 50.3 Å². The number of aliphatic hydroxyl groups excluding tert-OH is 1. The van der Waals surface area contributed by atoms with Crippen LogP contribution in [0.5, 0.6) is 0 Å². The number of aliphatic hydroxyl groups is 1. The third-order valence-corrected chi connectivity index (χ3v) is 6.37. The fourth-order valence-corrected chi connectivity index (χ4v) is 4.86. The molecule has 0 amide bonds. The van der Waals surface area contributed by atoms with E-state index in [2.05, 4.69) is 66.5 Å². The summed E-state index contributed by atoms with van der Waals surface area (Å²) in [5.74, 6) is -2.37. The highest BCUT2D eigenvalue weighted by molar-refractivity contribution is 6.30. The fourth-order valence-electron chi connectivity index (χ4n) is 4.67. The summed E-state index contributed by atoms with van der Waals surface area (Å²) in [4.78, 5) is 22.1. The van der Waals surface area contributed by atoms with Crippen molar-refractivity contribution in [2.24, 2.45) is 0 Å². The molecule has 1 aliphatic carbocycles. The lowest BCUT2D eigenvalue weighted by atomic mass is 9.93. The van der Waals surface area contributed by atoms with Crippen LogP contribution in [0.15, 0.2) is 48.5 Å². The highest BCUT2D eigenvalue weighted by Gasteiger charge is 2.38. The number of benzene rings is 2. The van der Waals surface area contributed by atoms with Crippen LogP contribution in [0.2, 0.25) is 5.02 Å². The Balaban J connectivity index is 0.000000292. The van der Waals surface area contributed by atoms with Crippen LogP contribution >= 0.6 is 11.6 Å². The number of piperazine rings is 1. The molecule has 178 valence electrons. The molecule has 1 saturated heterocycles. The zero-order valence-electron chi connectivity index (χ0n) is 18.9. The third-order valence-electron chi connectivity index (χ3n) is 6.14. The molecule has 4 rings (SSSR count). The van der Waals surface area contributed by atoms with E-state index in [0.717, 1.165) is 31.1 Å². The number of hydrogen-bond donors (Lipinski definition) is 4. The molecule has 0 spiro atoms. The van der Waals surface area contributed by atoms with Gasteiger partial charge in [-0.3, -0.25) is 9.69 Å². The minimum atomic E-state index is -1.79. The first-order chi connectivity index (χ1) is 15.6. The zero-order valence-corrected chi connectivity index (χ0v) is 19.6. The van der Waals surface area contributed by atoms with Crippen LogP contribution in [0.25, 0.3) is 0 Å². The van der Waals surface area contributed by atoms with E-state index in [1.54, 1.807) is 0 Å². The van der Waals surface area contributed by atoms with Crippen LogP contribution in [0.4, 0.5) is 0 Å². The van der Waals surface area contributed by atoms with Crippen molar-refractivity contribution in [2.75, 3.05) is 19.6 Å². The minimum Gasteiger partial charge on any atom is -0.481 e. The Morgan fingerprint density at radius 1 is 1.15 bits per heavy atom. The number of carbonyl (C=O) groups is 2. The lowest BCUT2D eigenvalue weighted by molar-refractivity contribution is -0.152. The molecule has 1 fully saturated rings. The zero-order chi connectivity index (χ0) is 24.2. The van der Waals surface area contributed by atoms with Crippen molar-refractivity contribution in [1.29, 1.82) is 0 Å². The number of carboxylic acids is 2. The number of nitrogens with zero attached hydrogens (tertiary/aromatic N) is 1. The molecule has 0 radical (unpaired) electrons. The number of rotatable bonds is 5. The highest BCUT2D eigenvalue weighted by Crippen LogP contribution is 2.47. The molecule has 7 nitrogen and oxygen atoms in total. The van der Waals surface area contributed by atoms with Crippen molar-refractivity contribution in [1.82, 2.24) is 10.2 Å². The molecular formula is C25H31ClN2O5. The molecule has 33 heavy (non-hydrogen) atoms. The van der Waals surface area contributed by atoms with Crippen molar-refractivity contribution in [3.05, 3.63) is 70.2 Å². The lowest BCUT2D eigenvalue weighted by Gasteiger charge is -2.42. The third kappa shape index (κ3) is 6.54. The summed E-state index contributed by atoms with van der Waals surface area (Å²) in [6.07, 6.45) is -1.40. The molecule has 0 bridgehead atoms. The maximum Gasteiger partial charge on any atom is 0.333 e. The Kier molecular flexibility index (Phi) is 8.13. The number of aliphatic carboxylic acids is 2. The van der Waals surface area contributed by atoms with Gasteiger partial charge in [0.25, 0.3) is 0 Å². The monoisotopic (exact) mass is 474 g/mol. The number of hydrogen-bond acceptors (Lipinski definition) is 5. The second-order valence-corrected chi connectivity index (χ2v) is 9.66. The second-order valence-electron chi connectivity index (χ2n) is 9.22. The van der Waals surface area contributed by atoms with Crippen LogP contribution in [0, 0.1) is 0 Å². The largest absolute Gasteiger partial charge is 0.481 e. The van der Waals surface area contributed by atoms with Gasteiger partial charge in [0.05, 0.1) is 6.42 Å². The fraction of sp³-hybridized carbons (Fsp3) is 0.440. The van der Waals surface area contributed by atoms with E-state index in [1.165, 1.54) is 16.7 Å². The van der Waals surface area contributed by atoms with Gasteiger partial charge in [0.15, 0.2) is 6.10 Å². The van der Waals surface area contributed by atoms with Gasteiger partial charge in [-0.25, -0.2) is 4.79 Å². The number of nitrogens with one attached hydrogen (secondary N) is 1. The van der Waals surface area contributed by atoms with Gasteiger partial charge in [0, 0.05) is 42.2 Å². The molecule has 1 heterocycles. The minimum absolute atomic E-state index is 0.168. The van der Waals surface area contributed by atoms with E-state index in [1.807, 2.05) is 6.07 Å². The Morgan fingerprint density at radius 3 is 2.42 bits per heavy atom. The van der Waals surface area contributed by atoms with Crippen molar-refractivity contribution in [3.63, 3.8) is 0 Å². The van der Waals surface area contributed by atoms with Crippen LogP contribution in [0.3, 0.4) is 0 Å². The van der Waals surface area contributed by atoms with Crippen LogP contribution in [-0.2, 0) is 9.59 Å². The van der Waals surface area contributed by atoms with Crippen molar-refractivity contribution < 1.29 is 24.9 Å². The molecule has 2 aromatic rings. The highest BCUT2D eigenvalue weighted by atomic mass is 35.5. The molecule has 1 unspecified atom stereocenters. The van der Waals surface area contributed by atoms with E-state index in [0.29, 0.717) is 12.0 Å². The van der Waals surface area contributed by atoms with Gasteiger partial charge >= 0.3 is 11.9 Å². The molecular weight excluding hydrogens is 444 g/mol. The number of fused-ring (bicyclic) bond motifs is 1. The summed E-state index contributed by atoms with van der Waals surface area (Å²) < 4.78 is 0.